The molecule has 0 radical (unpaired) electrons. The fourth-order valence-corrected chi connectivity index (χ4v) is 2.24. The van der Waals surface area contributed by atoms with E-state index in [0.717, 1.165) is 0 Å². The summed E-state index contributed by atoms with van der Waals surface area (Å²) in [4.78, 5) is 11.7. The summed E-state index contributed by atoms with van der Waals surface area (Å²) in [7, 11) is -3.07. The van der Waals surface area contributed by atoms with E-state index in [9.17, 15) is 13.2 Å². The molecule has 0 aliphatic heterocycles. The van der Waals surface area contributed by atoms with Crippen LogP contribution in [0.4, 0.5) is 0 Å². The molecule has 1 rings (SSSR count). The highest BCUT2D eigenvalue weighted by molar-refractivity contribution is 7.89. The van der Waals surface area contributed by atoms with Crippen LogP contribution in [0.1, 0.15) is 29.8 Å². The lowest BCUT2D eigenvalue weighted by Gasteiger charge is -2.09. The lowest BCUT2D eigenvalue weighted by atomic mass is 10.1. The van der Waals surface area contributed by atoms with E-state index in [1.807, 2.05) is 13.8 Å². The molecule has 17 heavy (non-hydrogen) atoms. The molecule has 0 fully saturated rings. The van der Waals surface area contributed by atoms with Crippen molar-refractivity contribution in [1.29, 1.82) is 0 Å². The van der Waals surface area contributed by atoms with Crippen molar-refractivity contribution in [3.63, 3.8) is 0 Å². The van der Waals surface area contributed by atoms with E-state index in [1.165, 1.54) is 6.26 Å². The lowest BCUT2D eigenvalue weighted by Crippen LogP contribution is -2.30. The molecule has 1 aromatic rings. The van der Waals surface area contributed by atoms with Gasteiger partial charge in [-0.2, -0.15) is 0 Å². The summed E-state index contributed by atoms with van der Waals surface area (Å²) in [5.74, 6) is -0.231. The van der Waals surface area contributed by atoms with Crippen LogP contribution in [0, 0.1) is 0 Å². The molecular formula is C12H17NO3S. The molecule has 94 valence electrons. The van der Waals surface area contributed by atoms with Crippen LogP contribution < -0.4 is 5.32 Å². The molecule has 0 saturated carbocycles. The van der Waals surface area contributed by atoms with Gasteiger partial charge in [0, 0.05) is 17.9 Å². The van der Waals surface area contributed by atoms with Gasteiger partial charge >= 0.3 is 0 Å². The highest BCUT2D eigenvalue weighted by atomic mass is 32.2. The van der Waals surface area contributed by atoms with Gasteiger partial charge in [-0.25, -0.2) is 8.42 Å². The first-order valence-corrected chi connectivity index (χ1v) is 7.41. The summed E-state index contributed by atoms with van der Waals surface area (Å²) in [5, 5.41) is 2.76. The number of sulfone groups is 1. The minimum absolute atomic E-state index is 0.0458. The Bertz CT molecular complexity index is 506. The molecule has 0 atom stereocenters. The van der Waals surface area contributed by atoms with E-state index < -0.39 is 9.84 Å². The van der Waals surface area contributed by atoms with E-state index in [2.05, 4.69) is 5.32 Å². The normalized spacial score (nSPS) is 11.5. The van der Waals surface area contributed by atoms with Crippen LogP contribution >= 0.6 is 0 Å². The molecule has 5 heteroatoms. The Hall–Kier alpha value is -1.36. The number of amides is 1. The second-order valence-corrected chi connectivity index (χ2v) is 6.54. The SMILES string of the molecule is CC(C)NC(=O)c1cccc(CS(C)(=O)=O)c1. The summed E-state index contributed by atoms with van der Waals surface area (Å²) in [6.07, 6.45) is 1.17. The van der Waals surface area contributed by atoms with Crippen LogP contribution in [-0.2, 0) is 15.6 Å². The number of benzene rings is 1. The molecule has 1 N–H and O–H groups in total. The summed E-state index contributed by atoms with van der Waals surface area (Å²) in [6, 6.07) is 6.73. The largest absolute Gasteiger partial charge is 0.350 e. The lowest BCUT2D eigenvalue weighted by molar-refractivity contribution is 0.0943. The van der Waals surface area contributed by atoms with Gasteiger partial charge in [0.15, 0.2) is 9.84 Å². The number of carbonyl (C=O) groups excluding carboxylic acids is 1. The maximum Gasteiger partial charge on any atom is 0.251 e. The van der Waals surface area contributed by atoms with Crippen LogP contribution in [0.25, 0.3) is 0 Å². The molecule has 0 unspecified atom stereocenters. The van der Waals surface area contributed by atoms with Gasteiger partial charge in [0.05, 0.1) is 5.75 Å². The number of rotatable bonds is 4. The van der Waals surface area contributed by atoms with Gasteiger partial charge in [-0.15, -0.1) is 0 Å². The Kier molecular flexibility index (Phi) is 4.28. The van der Waals surface area contributed by atoms with Gasteiger partial charge in [0.1, 0.15) is 0 Å². The number of nitrogens with one attached hydrogen (secondary N) is 1. The maximum absolute atomic E-state index is 11.7. The molecule has 0 aliphatic carbocycles. The zero-order valence-corrected chi connectivity index (χ0v) is 11.0. The number of hydrogen-bond donors (Lipinski definition) is 1. The minimum Gasteiger partial charge on any atom is -0.350 e. The van der Waals surface area contributed by atoms with Gasteiger partial charge in [0.2, 0.25) is 0 Å². The Balaban J connectivity index is 2.90. The monoisotopic (exact) mass is 255 g/mol. The maximum atomic E-state index is 11.7. The Morgan fingerprint density at radius 3 is 2.53 bits per heavy atom. The average molecular weight is 255 g/mol. The molecule has 0 heterocycles. The van der Waals surface area contributed by atoms with Crippen molar-refractivity contribution in [2.45, 2.75) is 25.6 Å². The predicted octanol–water partition coefficient (Wildman–Crippen LogP) is 1.37. The number of hydrogen-bond acceptors (Lipinski definition) is 3. The molecule has 1 amide bonds. The zero-order valence-electron chi connectivity index (χ0n) is 10.2. The smallest absolute Gasteiger partial charge is 0.251 e. The van der Waals surface area contributed by atoms with Crippen molar-refractivity contribution in [1.82, 2.24) is 5.32 Å². The minimum atomic E-state index is -3.07. The Morgan fingerprint density at radius 2 is 2.00 bits per heavy atom. The molecule has 0 bridgehead atoms. The molecule has 0 saturated heterocycles. The zero-order chi connectivity index (χ0) is 13.1. The van der Waals surface area contributed by atoms with Crippen molar-refractivity contribution >= 4 is 15.7 Å². The summed E-state index contributed by atoms with van der Waals surface area (Å²) >= 11 is 0. The fourth-order valence-electron chi connectivity index (χ4n) is 1.45. The standard InChI is InChI=1S/C12H17NO3S/c1-9(2)13-12(14)11-6-4-5-10(7-11)8-17(3,15)16/h4-7,9H,8H2,1-3H3,(H,13,14). The number of carbonyl (C=O) groups is 1. The van der Waals surface area contributed by atoms with Crippen molar-refractivity contribution in [3.05, 3.63) is 35.4 Å². The highest BCUT2D eigenvalue weighted by Gasteiger charge is 2.09. The average Bonchev–Trinajstić information content (AvgIpc) is 2.14. The highest BCUT2D eigenvalue weighted by Crippen LogP contribution is 2.09. The van der Waals surface area contributed by atoms with Crippen LogP contribution in [0.2, 0.25) is 0 Å². The fraction of sp³-hybridized carbons (Fsp3) is 0.417. The molecule has 0 spiro atoms. The first-order valence-electron chi connectivity index (χ1n) is 5.35. The first-order chi connectivity index (χ1) is 7.78. The summed E-state index contributed by atoms with van der Waals surface area (Å²) in [6.45, 7) is 3.75. The topological polar surface area (TPSA) is 63.2 Å². The van der Waals surface area contributed by atoms with Gasteiger partial charge in [-0.3, -0.25) is 4.79 Å². The quantitative estimate of drug-likeness (QED) is 0.883. The third-order valence-corrected chi connectivity index (χ3v) is 2.90. The van der Waals surface area contributed by atoms with Crippen LogP contribution in [0.15, 0.2) is 24.3 Å². The predicted molar refractivity (Wildman–Crippen MR) is 67.6 cm³/mol. The van der Waals surface area contributed by atoms with Crippen molar-refractivity contribution in [2.75, 3.05) is 6.26 Å². The van der Waals surface area contributed by atoms with Crippen LogP contribution in [0.5, 0.6) is 0 Å². The molecule has 0 aliphatic rings. The van der Waals surface area contributed by atoms with Crippen LogP contribution in [0.3, 0.4) is 0 Å². The molecular weight excluding hydrogens is 238 g/mol. The van der Waals surface area contributed by atoms with Crippen molar-refractivity contribution in [2.24, 2.45) is 0 Å². The van der Waals surface area contributed by atoms with Crippen LogP contribution in [-0.4, -0.2) is 26.6 Å². The Labute approximate surface area is 102 Å². The third kappa shape index (κ3) is 4.99. The molecule has 4 nitrogen and oxygen atoms in total. The second kappa shape index (κ2) is 5.31. The molecule has 1 aromatic carbocycles. The second-order valence-electron chi connectivity index (χ2n) is 4.40. The van der Waals surface area contributed by atoms with E-state index >= 15 is 0 Å². The van der Waals surface area contributed by atoms with E-state index in [0.29, 0.717) is 11.1 Å². The van der Waals surface area contributed by atoms with Crippen molar-refractivity contribution < 1.29 is 13.2 Å². The van der Waals surface area contributed by atoms with E-state index in [4.69, 9.17) is 0 Å². The van der Waals surface area contributed by atoms with Gasteiger partial charge < -0.3 is 5.32 Å². The molecule has 0 aromatic heterocycles. The van der Waals surface area contributed by atoms with Crippen molar-refractivity contribution in [3.8, 4) is 0 Å². The van der Waals surface area contributed by atoms with E-state index in [1.54, 1.807) is 24.3 Å². The summed E-state index contributed by atoms with van der Waals surface area (Å²) in [5.41, 5.74) is 1.11. The van der Waals surface area contributed by atoms with E-state index in [-0.39, 0.29) is 17.7 Å². The first kappa shape index (κ1) is 13.7. The van der Waals surface area contributed by atoms with Gasteiger partial charge in [0.25, 0.3) is 5.91 Å². The third-order valence-electron chi connectivity index (χ3n) is 2.04. The van der Waals surface area contributed by atoms with Gasteiger partial charge in [-0.1, -0.05) is 12.1 Å². The summed E-state index contributed by atoms with van der Waals surface area (Å²) < 4.78 is 22.3. The van der Waals surface area contributed by atoms with Gasteiger partial charge in [-0.05, 0) is 31.5 Å². The Morgan fingerprint density at radius 1 is 1.35 bits per heavy atom.